The number of rotatable bonds is 40. The summed E-state index contributed by atoms with van der Waals surface area (Å²) in [5.41, 5.74) is 0. The molecule has 0 fully saturated rings. The molecule has 56 heavy (non-hydrogen) atoms. The van der Waals surface area contributed by atoms with Gasteiger partial charge >= 0.3 is 19.8 Å². The number of hydrogen-bond acceptors (Lipinski definition) is 9. The highest BCUT2D eigenvalue weighted by atomic mass is 31.2. The zero-order valence-corrected chi connectivity index (χ0v) is 36.0. The Bertz CT molecular complexity index is 1120. The predicted molar refractivity (Wildman–Crippen MR) is 228 cm³/mol. The Morgan fingerprint density at radius 3 is 1.46 bits per heavy atom. The number of ether oxygens (including phenoxy) is 2. The summed E-state index contributed by atoms with van der Waals surface area (Å²) in [6, 6.07) is 0. The van der Waals surface area contributed by atoms with Crippen LogP contribution in [-0.2, 0) is 32.7 Å². The summed E-state index contributed by atoms with van der Waals surface area (Å²) in [5.74, 6) is -0.974. The molecule has 0 aromatic heterocycles. The fourth-order valence-electron chi connectivity index (χ4n) is 5.50. The number of esters is 2. The minimum Gasteiger partial charge on any atom is -0.462 e. The lowest BCUT2D eigenvalue weighted by atomic mass is 10.1. The van der Waals surface area contributed by atoms with Crippen molar-refractivity contribution < 1.29 is 47.8 Å². The Hall–Kier alpha value is -2.33. The van der Waals surface area contributed by atoms with Crippen molar-refractivity contribution in [2.75, 3.05) is 26.4 Å². The van der Waals surface area contributed by atoms with Crippen molar-refractivity contribution in [3.63, 3.8) is 0 Å². The molecule has 0 radical (unpaired) electrons. The number of phosphoric acid groups is 1. The van der Waals surface area contributed by atoms with Crippen molar-refractivity contribution in [2.45, 2.75) is 187 Å². The van der Waals surface area contributed by atoms with E-state index in [1.807, 2.05) is 0 Å². The van der Waals surface area contributed by atoms with Crippen LogP contribution in [0.15, 0.2) is 60.8 Å². The van der Waals surface area contributed by atoms with E-state index in [0.717, 1.165) is 77.0 Å². The Balaban J connectivity index is 4.39. The van der Waals surface area contributed by atoms with E-state index in [1.54, 1.807) is 0 Å². The van der Waals surface area contributed by atoms with Gasteiger partial charge in [-0.3, -0.25) is 18.6 Å². The van der Waals surface area contributed by atoms with Crippen LogP contribution in [0.3, 0.4) is 0 Å². The highest BCUT2D eigenvalue weighted by Gasteiger charge is 2.27. The Kier molecular flexibility index (Phi) is 39.2. The second-order valence-corrected chi connectivity index (χ2v) is 15.8. The van der Waals surface area contributed by atoms with Crippen LogP contribution in [0, 0.1) is 0 Å². The van der Waals surface area contributed by atoms with Crippen LogP contribution in [0.4, 0.5) is 0 Å². The van der Waals surface area contributed by atoms with Crippen LogP contribution >= 0.6 is 7.82 Å². The summed E-state index contributed by atoms with van der Waals surface area (Å²) in [6.07, 6.45) is 44.7. The second-order valence-electron chi connectivity index (χ2n) is 14.4. The highest BCUT2D eigenvalue weighted by Crippen LogP contribution is 2.43. The fraction of sp³-hybridized carbons (Fsp3) is 0.733. The van der Waals surface area contributed by atoms with E-state index in [4.69, 9.17) is 19.1 Å². The molecule has 0 aromatic carbocycles. The van der Waals surface area contributed by atoms with Crippen molar-refractivity contribution in [1.82, 2.24) is 0 Å². The molecule has 3 N–H and O–H groups in total. The molecule has 0 aliphatic heterocycles. The maximum absolute atomic E-state index is 12.6. The van der Waals surface area contributed by atoms with Gasteiger partial charge in [-0.15, -0.1) is 0 Å². The summed E-state index contributed by atoms with van der Waals surface area (Å²) < 4.78 is 32.7. The third-order valence-electron chi connectivity index (χ3n) is 8.89. The smallest absolute Gasteiger partial charge is 0.462 e. The molecule has 0 aromatic rings. The van der Waals surface area contributed by atoms with Crippen molar-refractivity contribution in [3.8, 4) is 0 Å². The van der Waals surface area contributed by atoms with Gasteiger partial charge in [-0.2, -0.15) is 0 Å². The summed E-state index contributed by atoms with van der Waals surface area (Å²) in [4.78, 5) is 35.0. The van der Waals surface area contributed by atoms with Gasteiger partial charge in [0.2, 0.25) is 0 Å². The Morgan fingerprint density at radius 1 is 0.536 bits per heavy atom. The third kappa shape index (κ3) is 39.9. The third-order valence-corrected chi connectivity index (χ3v) is 9.85. The molecule has 3 atom stereocenters. The molecule has 0 saturated carbocycles. The Morgan fingerprint density at radius 2 is 0.929 bits per heavy atom. The van der Waals surface area contributed by atoms with Crippen LogP contribution in [0.2, 0.25) is 0 Å². The van der Waals surface area contributed by atoms with Crippen LogP contribution in [-0.4, -0.2) is 65.7 Å². The molecule has 0 rings (SSSR count). The van der Waals surface area contributed by atoms with Gasteiger partial charge in [0.1, 0.15) is 12.7 Å². The van der Waals surface area contributed by atoms with Crippen molar-refractivity contribution in [2.24, 2.45) is 0 Å². The van der Waals surface area contributed by atoms with E-state index in [1.165, 1.54) is 57.8 Å². The average molecular weight is 811 g/mol. The fourth-order valence-corrected chi connectivity index (χ4v) is 6.29. The molecule has 0 amide bonds. The van der Waals surface area contributed by atoms with Crippen molar-refractivity contribution in [3.05, 3.63) is 60.8 Å². The van der Waals surface area contributed by atoms with Gasteiger partial charge < -0.3 is 24.6 Å². The topological polar surface area (TPSA) is 149 Å². The van der Waals surface area contributed by atoms with Gasteiger partial charge in [-0.1, -0.05) is 139 Å². The van der Waals surface area contributed by atoms with E-state index in [0.29, 0.717) is 12.8 Å². The number of carbonyl (C=O) groups is 2. The minimum absolute atomic E-state index is 0.143. The number of phosphoric ester groups is 1. The van der Waals surface area contributed by atoms with E-state index in [-0.39, 0.29) is 19.4 Å². The van der Waals surface area contributed by atoms with E-state index < -0.39 is 51.8 Å². The van der Waals surface area contributed by atoms with E-state index >= 15 is 0 Å². The number of unbranched alkanes of at least 4 members (excludes halogenated alkanes) is 16. The summed E-state index contributed by atoms with van der Waals surface area (Å²) in [7, 11) is -4.63. The van der Waals surface area contributed by atoms with Gasteiger partial charge in [0.25, 0.3) is 0 Å². The molecule has 324 valence electrons. The lowest BCUT2D eigenvalue weighted by Gasteiger charge is -2.20. The molecule has 11 heteroatoms. The molecule has 0 aliphatic carbocycles. The maximum atomic E-state index is 12.6. The molecule has 0 spiro atoms. The monoisotopic (exact) mass is 811 g/mol. The molecule has 1 unspecified atom stereocenters. The molecular weight excluding hydrogens is 731 g/mol. The van der Waals surface area contributed by atoms with Gasteiger partial charge in [0, 0.05) is 12.8 Å². The first-order valence-corrected chi connectivity index (χ1v) is 23.2. The van der Waals surface area contributed by atoms with Crippen LogP contribution < -0.4 is 0 Å². The lowest BCUT2D eigenvalue weighted by molar-refractivity contribution is -0.161. The molecule has 0 heterocycles. The molecule has 0 saturated heterocycles. The number of aliphatic hydroxyl groups is 2. The normalized spacial score (nSPS) is 14.4. The number of allylic oxidation sites excluding steroid dienone is 10. The van der Waals surface area contributed by atoms with Gasteiger partial charge in [-0.25, -0.2) is 4.57 Å². The minimum atomic E-state index is -4.63. The molecular formula is C45H79O10P. The molecule has 0 aliphatic rings. The quantitative estimate of drug-likeness (QED) is 0.0236. The molecule has 10 nitrogen and oxygen atoms in total. The average Bonchev–Trinajstić information content (AvgIpc) is 3.19. The van der Waals surface area contributed by atoms with Crippen LogP contribution in [0.25, 0.3) is 0 Å². The van der Waals surface area contributed by atoms with Crippen LogP contribution in [0.1, 0.15) is 174 Å². The number of hydrogen-bond donors (Lipinski definition) is 3. The first-order chi connectivity index (χ1) is 27.2. The van der Waals surface area contributed by atoms with Crippen LogP contribution in [0.5, 0.6) is 0 Å². The number of carbonyl (C=O) groups excluding carboxylic acids is 2. The predicted octanol–water partition coefficient (Wildman–Crippen LogP) is 11.5. The van der Waals surface area contributed by atoms with Gasteiger partial charge in [0.15, 0.2) is 6.10 Å². The SMILES string of the molecule is CCCCC/C=C\C/C=C\C/C=C\C/C=C\CCCCCC(=O)O[C@H](COC(=O)CCCCCCC/C=C\CCCCCCC)COP(=O)(O)OC[C@@H](O)CO. The van der Waals surface area contributed by atoms with Crippen molar-refractivity contribution >= 4 is 19.8 Å². The Labute approximate surface area is 340 Å². The number of aliphatic hydroxyl groups excluding tert-OH is 2. The maximum Gasteiger partial charge on any atom is 0.472 e. The van der Waals surface area contributed by atoms with Gasteiger partial charge in [0.05, 0.1) is 19.8 Å². The van der Waals surface area contributed by atoms with E-state index in [2.05, 4.69) is 79.1 Å². The molecule has 0 bridgehead atoms. The summed E-state index contributed by atoms with van der Waals surface area (Å²) in [6.45, 7) is 2.29. The van der Waals surface area contributed by atoms with Gasteiger partial charge in [-0.05, 0) is 83.5 Å². The standard InChI is InChI=1S/C45H79O10P/c1-3-5-7-9-11-13-15-17-19-20-21-22-23-25-27-29-31-33-35-37-45(49)55-43(41-54-56(50,51)53-39-42(47)38-46)40-52-44(48)36-34-32-30-28-26-24-18-16-14-12-10-8-6-4-2/h11,13,16-19,21-22,25,27,42-43,46-47H,3-10,12,14-15,20,23-24,26,28-41H2,1-2H3,(H,50,51)/b13-11-,18-16-,19-17-,22-21-,27-25-/t42-,43+/m0/s1. The summed E-state index contributed by atoms with van der Waals surface area (Å²) >= 11 is 0. The van der Waals surface area contributed by atoms with Crippen molar-refractivity contribution in [1.29, 1.82) is 0 Å². The lowest BCUT2D eigenvalue weighted by Crippen LogP contribution is -2.29. The first-order valence-electron chi connectivity index (χ1n) is 21.7. The highest BCUT2D eigenvalue weighted by molar-refractivity contribution is 7.47. The second kappa shape index (κ2) is 40.9. The zero-order chi connectivity index (χ0) is 41.2. The zero-order valence-electron chi connectivity index (χ0n) is 35.1. The first kappa shape index (κ1) is 53.7. The summed E-state index contributed by atoms with van der Waals surface area (Å²) in [5, 5.41) is 18.3. The largest absolute Gasteiger partial charge is 0.472 e. The van der Waals surface area contributed by atoms with E-state index in [9.17, 15) is 24.2 Å².